The van der Waals surface area contributed by atoms with Gasteiger partial charge in [-0.2, -0.15) is 4.98 Å². The Morgan fingerprint density at radius 3 is 2.92 bits per heavy atom. The monoisotopic (exact) mass is 342 g/mol. The average molecular weight is 342 g/mol. The number of ether oxygens (including phenoxy) is 2. The molecule has 2 aromatic heterocycles. The Balaban J connectivity index is 1.93. The van der Waals surface area contributed by atoms with Crippen LogP contribution in [0.3, 0.4) is 0 Å². The molecule has 0 aliphatic rings. The molecule has 0 bridgehead atoms. The number of methoxy groups -OCH3 is 1. The third-order valence-electron chi connectivity index (χ3n) is 3.68. The number of aromatic nitrogens is 4. The average Bonchev–Trinajstić information content (AvgIpc) is 2.91. The summed E-state index contributed by atoms with van der Waals surface area (Å²) in [5.74, 6) is -0.0238. The van der Waals surface area contributed by atoms with Crippen molar-refractivity contribution in [1.29, 1.82) is 0 Å². The first-order valence-corrected chi connectivity index (χ1v) is 7.75. The molecule has 130 valence electrons. The summed E-state index contributed by atoms with van der Waals surface area (Å²) in [4.78, 5) is 34.8. The number of aromatic amines is 1. The van der Waals surface area contributed by atoms with Crippen LogP contribution in [0, 0.1) is 0 Å². The van der Waals surface area contributed by atoms with Crippen molar-refractivity contribution in [3.63, 3.8) is 0 Å². The molecule has 3 rings (SSSR count). The normalized spacial score (nSPS) is 11.0. The van der Waals surface area contributed by atoms with Gasteiger partial charge >= 0.3 is 11.7 Å². The van der Waals surface area contributed by atoms with Crippen LogP contribution in [0.4, 0.5) is 0 Å². The van der Waals surface area contributed by atoms with Crippen molar-refractivity contribution in [2.45, 2.75) is 13.5 Å². The largest absolute Gasteiger partial charge is 0.461 e. The van der Waals surface area contributed by atoms with E-state index in [1.165, 1.54) is 17.7 Å². The molecular weight excluding hydrogens is 324 g/mol. The first kappa shape index (κ1) is 16.8. The van der Waals surface area contributed by atoms with Crippen LogP contribution in [0.25, 0.3) is 11.2 Å². The molecule has 0 aliphatic carbocycles. The number of hydrogen-bond donors (Lipinski definition) is 1. The molecule has 0 unspecified atom stereocenters. The van der Waals surface area contributed by atoms with E-state index >= 15 is 0 Å². The molecule has 8 heteroatoms. The third-order valence-corrected chi connectivity index (χ3v) is 3.68. The highest BCUT2D eigenvalue weighted by molar-refractivity contribution is 5.94. The molecule has 25 heavy (non-hydrogen) atoms. The fourth-order valence-electron chi connectivity index (χ4n) is 2.43. The second-order valence-corrected chi connectivity index (χ2v) is 5.50. The smallest absolute Gasteiger partial charge is 0.328 e. The first-order valence-electron chi connectivity index (χ1n) is 7.75. The van der Waals surface area contributed by atoms with Gasteiger partial charge in [0, 0.05) is 12.7 Å². The number of ketones is 1. The lowest BCUT2D eigenvalue weighted by Crippen LogP contribution is -2.18. The lowest BCUT2D eigenvalue weighted by atomic mass is 10.1. The minimum absolute atomic E-state index is 0.0238. The molecule has 0 fully saturated rings. The molecule has 0 saturated heterocycles. The second-order valence-electron chi connectivity index (χ2n) is 5.50. The summed E-state index contributed by atoms with van der Waals surface area (Å²) >= 11 is 0. The van der Waals surface area contributed by atoms with E-state index in [4.69, 9.17) is 9.47 Å². The zero-order valence-electron chi connectivity index (χ0n) is 14.0. The summed E-state index contributed by atoms with van der Waals surface area (Å²) in [5.41, 5.74) is 2.10. The van der Waals surface area contributed by atoms with E-state index in [0.717, 1.165) is 5.56 Å². The summed E-state index contributed by atoms with van der Waals surface area (Å²) in [6.07, 6.45) is 1.51. The van der Waals surface area contributed by atoms with E-state index in [1.54, 1.807) is 25.3 Å². The number of imidazole rings is 1. The maximum Gasteiger partial charge on any atom is 0.328 e. The summed E-state index contributed by atoms with van der Waals surface area (Å²) < 4.78 is 11.8. The number of H-pyrrole nitrogens is 1. The van der Waals surface area contributed by atoms with Crippen LogP contribution in [0.15, 0.2) is 35.3 Å². The molecule has 0 aliphatic heterocycles. The molecule has 2 heterocycles. The van der Waals surface area contributed by atoms with Gasteiger partial charge in [0.15, 0.2) is 11.4 Å². The molecule has 1 aromatic carbocycles. The standard InChI is InChI=1S/C17H18N4O4/c1-11(22)13-5-3-4-12(8-13)10-21-15-14(19-17(21)23)9-18-16(20-15)25-7-6-24-2/h3-5,8-9H,6-7,10H2,1-2H3,(H,19,23). The van der Waals surface area contributed by atoms with Crippen LogP contribution in [0.5, 0.6) is 6.01 Å². The number of fused-ring (bicyclic) bond motifs is 1. The third kappa shape index (κ3) is 3.74. The molecule has 3 aromatic rings. The van der Waals surface area contributed by atoms with Crippen molar-refractivity contribution >= 4 is 16.9 Å². The Morgan fingerprint density at radius 1 is 1.32 bits per heavy atom. The molecule has 0 radical (unpaired) electrons. The summed E-state index contributed by atoms with van der Waals surface area (Å²) in [5, 5.41) is 0. The highest BCUT2D eigenvalue weighted by Crippen LogP contribution is 2.13. The van der Waals surface area contributed by atoms with E-state index < -0.39 is 0 Å². The van der Waals surface area contributed by atoms with Gasteiger partial charge in [0.05, 0.1) is 19.3 Å². The van der Waals surface area contributed by atoms with E-state index in [1.807, 2.05) is 6.07 Å². The Labute approximate surface area is 143 Å². The van der Waals surface area contributed by atoms with Gasteiger partial charge in [0.1, 0.15) is 12.1 Å². The Morgan fingerprint density at radius 2 is 2.16 bits per heavy atom. The highest BCUT2D eigenvalue weighted by atomic mass is 16.5. The predicted octanol–water partition coefficient (Wildman–Crippen LogP) is 1.40. The van der Waals surface area contributed by atoms with Gasteiger partial charge in [-0.1, -0.05) is 18.2 Å². The summed E-state index contributed by atoms with van der Waals surface area (Å²) in [6.45, 7) is 2.53. The fourth-order valence-corrected chi connectivity index (χ4v) is 2.43. The van der Waals surface area contributed by atoms with Gasteiger partial charge in [0.25, 0.3) is 0 Å². The van der Waals surface area contributed by atoms with Gasteiger partial charge < -0.3 is 14.5 Å². The number of nitrogens with zero attached hydrogens (tertiary/aromatic N) is 3. The number of benzene rings is 1. The lowest BCUT2D eigenvalue weighted by Gasteiger charge is -2.06. The summed E-state index contributed by atoms with van der Waals surface area (Å²) in [7, 11) is 1.58. The Kier molecular flexibility index (Phi) is 4.90. The van der Waals surface area contributed by atoms with Crippen molar-refractivity contribution in [2.24, 2.45) is 0 Å². The number of Topliss-reactive ketones (excluding diaryl/α,β-unsaturated/α-hetero) is 1. The molecule has 0 spiro atoms. The predicted molar refractivity (Wildman–Crippen MR) is 91.1 cm³/mol. The Bertz CT molecular complexity index is 961. The van der Waals surface area contributed by atoms with Gasteiger partial charge in [0.2, 0.25) is 0 Å². The maximum atomic E-state index is 12.2. The van der Waals surface area contributed by atoms with E-state index in [9.17, 15) is 9.59 Å². The van der Waals surface area contributed by atoms with Crippen molar-refractivity contribution in [3.8, 4) is 6.01 Å². The lowest BCUT2D eigenvalue weighted by molar-refractivity contribution is 0.101. The number of hydrogen-bond acceptors (Lipinski definition) is 6. The summed E-state index contributed by atoms with van der Waals surface area (Å²) in [6, 6.07) is 7.34. The number of carbonyl (C=O) groups is 1. The number of carbonyl (C=O) groups excluding carboxylic acids is 1. The van der Waals surface area contributed by atoms with Crippen LogP contribution in [-0.4, -0.2) is 45.6 Å². The second kappa shape index (κ2) is 7.27. The fraction of sp³-hybridized carbons (Fsp3) is 0.294. The highest BCUT2D eigenvalue weighted by Gasteiger charge is 2.12. The van der Waals surface area contributed by atoms with E-state index in [0.29, 0.717) is 29.9 Å². The molecule has 0 saturated carbocycles. The zero-order chi connectivity index (χ0) is 17.8. The first-order chi connectivity index (χ1) is 12.1. The van der Waals surface area contributed by atoms with Crippen molar-refractivity contribution in [3.05, 3.63) is 52.1 Å². The molecule has 8 nitrogen and oxygen atoms in total. The van der Waals surface area contributed by atoms with E-state index in [-0.39, 0.29) is 24.0 Å². The van der Waals surface area contributed by atoms with Crippen LogP contribution in [0.1, 0.15) is 22.8 Å². The van der Waals surface area contributed by atoms with Crippen LogP contribution < -0.4 is 10.4 Å². The van der Waals surface area contributed by atoms with Crippen molar-refractivity contribution < 1.29 is 14.3 Å². The topological polar surface area (TPSA) is 99.1 Å². The maximum absolute atomic E-state index is 12.2. The van der Waals surface area contributed by atoms with Gasteiger partial charge in [-0.15, -0.1) is 0 Å². The van der Waals surface area contributed by atoms with Gasteiger partial charge in [-0.3, -0.25) is 9.36 Å². The van der Waals surface area contributed by atoms with Crippen LogP contribution >= 0.6 is 0 Å². The van der Waals surface area contributed by atoms with Crippen LogP contribution in [-0.2, 0) is 11.3 Å². The minimum Gasteiger partial charge on any atom is -0.461 e. The molecule has 1 N–H and O–H groups in total. The molecule has 0 amide bonds. The minimum atomic E-state index is -0.299. The molecule has 0 atom stereocenters. The van der Waals surface area contributed by atoms with Crippen molar-refractivity contribution in [1.82, 2.24) is 19.5 Å². The van der Waals surface area contributed by atoms with Crippen molar-refractivity contribution in [2.75, 3.05) is 20.3 Å². The quantitative estimate of drug-likeness (QED) is 0.515. The SMILES string of the molecule is COCCOc1ncc2[nH]c(=O)n(Cc3cccc(C(C)=O)c3)c2n1. The van der Waals surface area contributed by atoms with Gasteiger partial charge in [-0.05, 0) is 18.6 Å². The number of rotatable bonds is 7. The number of nitrogens with one attached hydrogen (secondary N) is 1. The zero-order valence-corrected chi connectivity index (χ0v) is 14.0. The van der Waals surface area contributed by atoms with E-state index in [2.05, 4.69) is 15.0 Å². The Hall–Kier alpha value is -3.00. The van der Waals surface area contributed by atoms with Crippen LogP contribution in [0.2, 0.25) is 0 Å². The molecular formula is C17H18N4O4. The van der Waals surface area contributed by atoms with Gasteiger partial charge in [-0.25, -0.2) is 9.78 Å².